The van der Waals surface area contributed by atoms with Gasteiger partial charge in [-0.1, -0.05) is 35.6 Å². The first-order valence-electron chi connectivity index (χ1n) is 10.7. The van der Waals surface area contributed by atoms with E-state index in [2.05, 4.69) is 4.98 Å². The Labute approximate surface area is 193 Å². The van der Waals surface area contributed by atoms with E-state index in [9.17, 15) is 18.7 Å². The number of fused-ring (bicyclic) bond motifs is 1. The summed E-state index contributed by atoms with van der Waals surface area (Å²) in [5, 5.41) is 16.7. The zero-order valence-corrected chi connectivity index (χ0v) is 18.6. The van der Waals surface area contributed by atoms with E-state index in [1.165, 1.54) is 24.3 Å². The number of carbonyl (C=O) groups is 1. The molecule has 0 radical (unpaired) electrons. The summed E-state index contributed by atoms with van der Waals surface area (Å²) < 4.78 is 27.0. The van der Waals surface area contributed by atoms with E-state index in [1.807, 2.05) is 6.08 Å². The fourth-order valence-corrected chi connectivity index (χ4v) is 5.48. The molecule has 1 saturated carbocycles. The summed E-state index contributed by atoms with van der Waals surface area (Å²) in [7, 11) is 0. The maximum absolute atomic E-state index is 13.7. The molecule has 1 aliphatic carbocycles. The lowest BCUT2D eigenvalue weighted by molar-refractivity contribution is 0.0701. The van der Waals surface area contributed by atoms with Crippen molar-refractivity contribution in [3.63, 3.8) is 0 Å². The average molecular weight is 466 g/mol. The predicted octanol–water partition coefficient (Wildman–Crippen LogP) is 6.23. The molecule has 1 N–H and O–H groups in total. The number of carboxylic acid groups (broad SMARTS) is 1. The molecule has 1 aliphatic heterocycles. The van der Waals surface area contributed by atoms with Gasteiger partial charge in [0.2, 0.25) is 5.13 Å². The topological polar surface area (TPSA) is 65.8 Å². The van der Waals surface area contributed by atoms with Crippen LogP contribution in [0.3, 0.4) is 0 Å². The van der Waals surface area contributed by atoms with Crippen molar-refractivity contribution in [3.8, 4) is 0 Å². The van der Waals surface area contributed by atoms with Crippen LogP contribution in [0.2, 0.25) is 0 Å². The number of carboxylic acids is 1. The van der Waals surface area contributed by atoms with E-state index in [-0.39, 0.29) is 28.5 Å². The van der Waals surface area contributed by atoms with Gasteiger partial charge in [-0.25, -0.2) is 23.6 Å². The molecule has 3 aromatic rings. The van der Waals surface area contributed by atoms with Crippen LogP contribution >= 0.6 is 11.3 Å². The van der Waals surface area contributed by atoms with Crippen molar-refractivity contribution in [2.24, 2.45) is 11.0 Å². The second-order valence-electron chi connectivity index (χ2n) is 8.26. The van der Waals surface area contributed by atoms with Crippen molar-refractivity contribution in [1.82, 2.24) is 4.98 Å². The highest BCUT2D eigenvalue weighted by Gasteiger charge is 2.43. The molecule has 0 saturated heterocycles. The molecule has 0 spiro atoms. The molecule has 168 valence electrons. The van der Waals surface area contributed by atoms with Crippen LogP contribution in [0, 0.1) is 24.5 Å². The van der Waals surface area contributed by atoms with Crippen LogP contribution in [0.1, 0.15) is 51.8 Å². The molecule has 2 aromatic carbocycles. The zero-order valence-electron chi connectivity index (χ0n) is 17.8. The Bertz CT molecular complexity index is 1270. The number of nitrogens with zero attached hydrogens (tertiary/aromatic N) is 3. The maximum Gasteiger partial charge on any atom is 0.347 e. The molecule has 2 atom stereocenters. The largest absolute Gasteiger partial charge is 0.477 e. The van der Waals surface area contributed by atoms with Gasteiger partial charge in [-0.05, 0) is 73.2 Å². The molecular formula is C25H21F2N3O2S. The van der Waals surface area contributed by atoms with Crippen molar-refractivity contribution in [2.75, 3.05) is 5.01 Å². The van der Waals surface area contributed by atoms with Crippen LogP contribution in [0.5, 0.6) is 0 Å². The van der Waals surface area contributed by atoms with Gasteiger partial charge in [-0.3, -0.25) is 0 Å². The van der Waals surface area contributed by atoms with Gasteiger partial charge < -0.3 is 5.11 Å². The smallest absolute Gasteiger partial charge is 0.347 e. The van der Waals surface area contributed by atoms with Crippen molar-refractivity contribution < 1.29 is 18.7 Å². The molecule has 0 unspecified atom stereocenters. The summed E-state index contributed by atoms with van der Waals surface area (Å²) in [6.45, 7) is 1.67. The monoisotopic (exact) mass is 465 g/mol. The van der Waals surface area contributed by atoms with Crippen molar-refractivity contribution in [3.05, 3.63) is 87.4 Å². The van der Waals surface area contributed by atoms with Gasteiger partial charge in [0.05, 0.1) is 17.4 Å². The normalized spacial score (nSPS) is 21.2. The molecule has 33 heavy (non-hydrogen) atoms. The van der Waals surface area contributed by atoms with Crippen LogP contribution in [-0.4, -0.2) is 21.8 Å². The lowest BCUT2D eigenvalue weighted by Crippen LogP contribution is -2.28. The minimum absolute atomic E-state index is 0.0494. The molecule has 2 heterocycles. The SMILES string of the molecule is Cc1nc(N2N=C3/C(=C/c4ccc(F)cc4)CCC[C@@H]3[C@H]2c2ccc(F)cc2)sc1C(=O)O. The summed E-state index contributed by atoms with van der Waals surface area (Å²) >= 11 is 1.09. The molecule has 5 rings (SSSR count). The Kier molecular flexibility index (Phi) is 5.54. The minimum atomic E-state index is -1.02. The van der Waals surface area contributed by atoms with Crippen molar-refractivity contribution >= 4 is 34.2 Å². The number of hydrogen-bond acceptors (Lipinski definition) is 5. The van der Waals surface area contributed by atoms with E-state index >= 15 is 0 Å². The average Bonchev–Trinajstić information content (AvgIpc) is 3.37. The quantitative estimate of drug-likeness (QED) is 0.496. The third-order valence-corrected chi connectivity index (χ3v) is 7.23. The highest BCUT2D eigenvalue weighted by atomic mass is 32.1. The number of halogens is 2. The molecule has 5 nitrogen and oxygen atoms in total. The minimum Gasteiger partial charge on any atom is -0.477 e. The molecule has 8 heteroatoms. The lowest BCUT2D eigenvalue weighted by atomic mass is 9.77. The molecule has 0 amide bonds. The first-order valence-corrected chi connectivity index (χ1v) is 11.5. The van der Waals surface area contributed by atoms with E-state index in [1.54, 1.807) is 36.2 Å². The Balaban J connectivity index is 1.60. The second kappa shape index (κ2) is 8.51. The number of aromatic carboxylic acids is 1. The van der Waals surface area contributed by atoms with Gasteiger partial charge in [-0.15, -0.1) is 0 Å². The Morgan fingerprint density at radius 1 is 1.12 bits per heavy atom. The molecule has 2 aliphatic rings. The third-order valence-electron chi connectivity index (χ3n) is 6.10. The Hall–Kier alpha value is -3.39. The predicted molar refractivity (Wildman–Crippen MR) is 125 cm³/mol. The lowest BCUT2D eigenvalue weighted by Gasteiger charge is -2.29. The van der Waals surface area contributed by atoms with Crippen LogP contribution in [0.15, 0.2) is 59.2 Å². The molecular weight excluding hydrogens is 444 g/mol. The van der Waals surface area contributed by atoms with Gasteiger partial charge in [0, 0.05) is 5.92 Å². The second-order valence-corrected chi connectivity index (χ2v) is 9.24. The van der Waals surface area contributed by atoms with Crippen LogP contribution in [0.25, 0.3) is 6.08 Å². The summed E-state index contributed by atoms with van der Waals surface area (Å²) in [6.07, 6.45) is 4.73. The third kappa shape index (κ3) is 4.06. The van der Waals surface area contributed by atoms with E-state index in [4.69, 9.17) is 5.10 Å². The Morgan fingerprint density at radius 2 is 1.79 bits per heavy atom. The van der Waals surface area contributed by atoms with Crippen molar-refractivity contribution in [1.29, 1.82) is 0 Å². The van der Waals surface area contributed by atoms with Gasteiger partial charge >= 0.3 is 5.97 Å². The number of aromatic nitrogens is 1. The molecule has 1 aromatic heterocycles. The number of rotatable bonds is 4. The number of anilines is 1. The fourth-order valence-electron chi connectivity index (χ4n) is 4.59. The summed E-state index contributed by atoms with van der Waals surface area (Å²) in [5.41, 5.74) is 4.22. The van der Waals surface area contributed by atoms with Crippen molar-refractivity contribution in [2.45, 2.75) is 32.2 Å². The summed E-state index contributed by atoms with van der Waals surface area (Å²) in [5.74, 6) is -1.57. The first kappa shape index (κ1) is 21.5. The number of allylic oxidation sites excluding steroid dienone is 1. The number of thiazole rings is 1. The maximum atomic E-state index is 13.7. The van der Waals surface area contributed by atoms with E-state index in [0.717, 1.165) is 53.0 Å². The van der Waals surface area contributed by atoms with Crippen LogP contribution in [0.4, 0.5) is 13.9 Å². The van der Waals surface area contributed by atoms with Gasteiger partial charge in [0.25, 0.3) is 0 Å². The number of aryl methyl sites for hydroxylation is 1. The molecule has 0 bridgehead atoms. The van der Waals surface area contributed by atoms with Gasteiger partial charge in [0.15, 0.2) is 0 Å². The standard InChI is InChI=1S/C25H21F2N3O2S/c1-14-23(24(31)32)33-25(28-14)30-22(16-7-11-19(27)12-8-16)20-4-2-3-17(21(20)29-30)13-15-5-9-18(26)10-6-15/h5-13,20,22H,2-4H2,1H3,(H,31,32)/b17-13+/t20-,22+/m0/s1. The molecule has 1 fully saturated rings. The number of hydrazone groups is 1. The highest BCUT2D eigenvalue weighted by molar-refractivity contribution is 7.17. The highest BCUT2D eigenvalue weighted by Crippen LogP contribution is 2.47. The van der Waals surface area contributed by atoms with Gasteiger partial charge in [-0.2, -0.15) is 5.10 Å². The first-order chi connectivity index (χ1) is 15.9. The van der Waals surface area contributed by atoms with Crippen LogP contribution in [-0.2, 0) is 0 Å². The summed E-state index contributed by atoms with van der Waals surface area (Å²) in [4.78, 5) is 16.3. The van der Waals surface area contributed by atoms with E-state index in [0.29, 0.717) is 10.8 Å². The Morgan fingerprint density at radius 3 is 2.42 bits per heavy atom. The van der Waals surface area contributed by atoms with E-state index < -0.39 is 5.97 Å². The fraction of sp³-hybridized carbons (Fsp3) is 0.240. The van der Waals surface area contributed by atoms with Crippen LogP contribution < -0.4 is 5.01 Å². The zero-order chi connectivity index (χ0) is 23.1. The summed E-state index contributed by atoms with van der Waals surface area (Å²) in [6, 6.07) is 12.5. The van der Waals surface area contributed by atoms with Gasteiger partial charge in [0.1, 0.15) is 16.5 Å². The number of hydrogen-bond donors (Lipinski definition) is 1. The number of benzene rings is 2.